The SMILES string of the molecule is Cc1nsc(-c2nc(C3CC3)c3n2CCN(C(=O)c2ccc(F)cc2)C3C)n1. The molecule has 1 fully saturated rings. The molecule has 3 aromatic rings. The maximum Gasteiger partial charge on any atom is 0.254 e. The van der Waals surface area contributed by atoms with Crippen molar-refractivity contribution in [2.24, 2.45) is 0 Å². The van der Waals surface area contributed by atoms with Crippen molar-refractivity contribution in [3.05, 3.63) is 52.9 Å². The van der Waals surface area contributed by atoms with Crippen molar-refractivity contribution in [2.45, 2.75) is 45.2 Å². The molecule has 5 rings (SSSR count). The molecule has 1 amide bonds. The molecule has 3 heterocycles. The van der Waals surface area contributed by atoms with Crippen LogP contribution in [-0.4, -0.2) is 36.3 Å². The molecule has 1 aliphatic heterocycles. The van der Waals surface area contributed by atoms with Crippen LogP contribution in [-0.2, 0) is 6.54 Å². The summed E-state index contributed by atoms with van der Waals surface area (Å²) in [5.74, 6) is 1.67. The Labute approximate surface area is 166 Å². The number of halogens is 1. The second-order valence-electron chi connectivity index (χ2n) is 7.46. The van der Waals surface area contributed by atoms with Crippen LogP contribution in [0.4, 0.5) is 4.39 Å². The summed E-state index contributed by atoms with van der Waals surface area (Å²) in [7, 11) is 0. The van der Waals surface area contributed by atoms with Gasteiger partial charge in [0.15, 0.2) is 10.8 Å². The van der Waals surface area contributed by atoms with Gasteiger partial charge < -0.3 is 9.47 Å². The lowest BCUT2D eigenvalue weighted by atomic mass is 10.0. The number of hydrogen-bond donors (Lipinski definition) is 0. The van der Waals surface area contributed by atoms with E-state index in [4.69, 9.17) is 4.98 Å². The summed E-state index contributed by atoms with van der Waals surface area (Å²) in [6.45, 7) is 5.18. The first-order valence-corrected chi connectivity index (χ1v) is 10.3. The number of carbonyl (C=O) groups is 1. The molecule has 0 spiro atoms. The summed E-state index contributed by atoms with van der Waals surface area (Å²) in [5, 5.41) is 0.830. The normalized spacial score (nSPS) is 19.0. The fourth-order valence-corrected chi connectivity index (χ4v) is 4.61. The Hall–Kier alpha value is -2.61. The lowest BCUT2D eigenvalue weighted by molar-refractivity contribution is 0.0643. The Bertz CT molecular complexity index is 1050. The first-order chi connectivity index (χ1) is 13.5. The topological polar surface area (TPSA) is 63.9 Å². The maximum absolute atomic E-state index is 13.2. The van der Waals surface area contributed by atoms with Gasteiger partial charge in [-0.2, -0.15) is 4.37 Å². The number of amides is 1. The zero-order chi connectivity index (χ0) is 19.4. The number of carbonyl (C=O) groups excluding carboxylic acids is 1. The first-order valence-electron chi connectivity index (χ1n) is 9.50. The number of aromatic nitrogens is 4. The van der Waals surface area contributed by atoms with E-state index in [2.05, 4.69) is 20.8 Å². The quantitative estimate of drug-likeness (QED) is 0.671. The van der Waals surface area contributed by atoms with Crippen LogP contribution in [0.5, 0.6) is 0 Å². The maximum atomic E-state index is 13.2. The molecule has 0 saturated heterocycles. The van der Waals surface area contributed by atoms with E-state index in [0.29, 0.717) is 24.6 Å². The predicted molar refractivity (Wildman–Crippen MR) is 104 cm³/mol. The van der Waals surface area contributed by atoms with E-state index in [1.165, 1.54) is 23.7 Å². The summed E-state index contributed by atoms with van der Waals surface area (Å²) in [6.07, 6.45) is 2.27. The molecule has 144 valence electrons. The van der Waals surface area contributed by atoms with Gasteiger partial charge in [0.25, 0.3) is 5.91 Å². The smallest absolute Gasteiger partial charge is 0.254 e. The molecule has 0 N–H and O–H groups in total. The minimum Gasteiger partial charge on any atom is -0.329 e. The molecule has 8 heteroatoms. The van der Waals surface area contributed by atoms with Crippen LogP contribution in [0.3, 0.4) is 0 Å². The van der Waals surface area contributed by atoms with Crippen LogP contribution in [0, 0.1) is 12.7 Å². The van der Waals surface area contributed by atoms with Gasteiger partial charge in [0.2, 0.25) is 0 Å². The van der Waals surface area contributed by atoms with Crippen molar-refractivity contribution in [2.75, 3.05) is 6.54 Å². The van der Waals surface area contributed by atoms with Gasteiger partial charge in [-0.25, -0.2) is 14.4 Å². The highest BCUT2D eigenvalue weighted by Gasteiger charge is 2.39. The Morgan fingerprint density at radius 1 is 1.18 bits per heavy atom. The van der Waals surface area contributed by atoms with Crippen LogP contribution in [0.25, 0.3) is 10.8 Å². The number of fused-ring (bicyclic) bond motifs is 1. The first kappa shape index (κ1) is 17.5. The van der Waals surface area contributed by atoms with E-state index < -0.39 is 0 Å². The number of rotatable bonds is 3. The van der Waals surface area contributed by atoms with Gasteiger partial charge in [-0.05, 0) is 62.5 Å². The number of hydrogen-bond acceptors (Lipinski definition) is 5. The largest absolute Gasteiger partial charge is 0.329 e. The molecule has 6 nitrogen and oxygen atoms in total. The predicted octanol–water partition coefficient (Wildman–Crippen LogP) is 3.94. The minimum absolute atomic E-state index is 0.0741. The fourth-order valence-electron chi connectivity index (χ4n) is 3.94. The minimum atomic E-state index is -0.339. The Balaban J connectivity index is 1.54. The monoisotopic (exact) mass is 397 g/mol. The molecular formula is C20H20FN5OS. The van der Waals surface area contributed by atoms with Gasteiger partial charge >= 0.3 is 0 Å². The van der Waals surface area contributed by atoms with E-state index in [-0.39, 0.29) is 17.8 Å². The Kier molecular flexibility index (Phi) is 4.04. The standard InChI is InChI=1S/C20H20FN5OS/c1-11-17-16(13-3-4-13)23-18(19-22-12(2)24-28-19)26(17)10-9-25(11)20(27)14-5-7-15(21)8-6-14/h5-8,11,13H,3-4,9-10H2,1-2H3. The molecule has 2 aliphatic rings. The highest BCUT2D eigenvalue weighted by molar-refractivity contribution is 7.09. The Morgan fingerprint density at radius 3 is 2.57 bits per heavy atom. The molecule has 1 unspecified atom stereocenters. The Morgan fingerprint density at radius 2 is 1.93 bits per heavy atom. The second-order valence-corrected chi connectivity index (χ2v) is 8.21. The van der Waals surface area contributed by atoms with Crippen LogP contribution >= 0.6 is 11.5 Å². The van der Waals surface area contributed by atoms with Crippen molar-refractivity contribution in [3.8, 4) is 10.8 Å². The van der Waals surface area contributed by atoms with E-state index >= 15 is 0 Å². The van der Waals surface area contributed by atoms with Crippen molar-refractivity contribution in [1.82, 2.24) is 23.8 Å². The molecule has 1 atom stereocenters. The molecular weight excluding hydrogens is 377 g/mol. The van der Waals surface area contributed by atoms with Gasteiger partial charge in [-0.1, -0.05) is 0 Å². The van der Waals surface area contributed by atoms with Gasteiger partial charge in [-0.15, -0.1) is 0 Å². The third-order valence-corrected chi connectivity index (χ3v) is 6.30. The van der Waals surface area contributed by atoms with E-state index in [9.17, 15) is 9.18 Å². The molecule has 1 aliphatic carbocycles. The van der Waals surface area contributed by atoms with Crippen LogP contribution in [0.15, 0.2) is 24.3 Å². The van der Waals surface area contributed by atoms with Crippen LogP contribution in [0.1, 0.15) is 59.3 Å². The van der Waals surface area contributed by atoms with E-state index in [1.807, 2.05) is 11.8 Å². The van der Waals surface area contributed by atoms with Crippen LogP contribution < -0.4 is 0 Å². The lowest BCUT2D eigenvalue weighted by Gasteiger charge is -2.35. The molecule has 28 heavy (non-hydrogen) atoms. The molecule has 0 radical (unpaired) electrons. The fraction of sp³-hybridized carbons (Fsp3) is 0.400. The van der Waals surface area contributed by atoms with Gasteiger partial charge in [0.1, 0.15) is 11.6 Å². The molecule has 1 aromatic carbocycles. The number of aryl methyl sites for hydroxylation is 1. The zero-order valence-corrected chi connectivity index (χ0v) is 16.5. The van der Waals surface area contributed by atoms with Gasteiger partial charge in [-0.3, -0.25) is 4.79 Å². The zero-order valence-electron chi connectivity index (χ0n) is 15.7. The summed E-state index contributed by atoms with van der Waals surface area (Å²) >= 11 is 1.37. The third kappa shape index (κ3) is 2.83. The summed E-state index contributed by atoms with van der Waals surface area (Å²) in [5.41, 5.74) is 2.70. The number of nitrogens with zero attached hydrogens (tertiary/aromatic N) is 5. The van der Waals surface area contributed by atoms with Gasteiger partial charge in [0.05, 0.1) is 17.4 Å². The van der Waals surface area contributed by atoms with Crippen molar-refractivity contribution >= 4 is 17.4 Å². The second kappa shape index (κ2) is 6.48. The number of benzene rings is 1. The average Bonchev–Trinajstić information content (AvgIpc) is 3.32. The summed E-state index contributed by atoms with van der Waals surface area (Å²) in [6, 6.07) is 5.66. The highest BCUT2D eigenvalue weighted by Crippen LogP contribution is 2.46. The van der Waals surface area contributed by atoms with Crippen molar-refractivity contribution in [1.29, 1.82) is 0 Å². The summed E-state index contributed by atoms with van der Waals surface area (Å²) in [4.78, 5) is 24.4. The van der Waals surface area contributed by atoms with Crippen molar-refractivity contribution in [3.63, 3.8) is 0 Å². The van der Waals surface area contributed by atoms with Gasteiger partial charge in [0, 0.05) is 24.6 Å². The molecule has 0 bridgehead atoms. The average molecular weight is 397 g/mol. The molecule has 1 saturated carbocycles. The summed E-state index contributed by atoms with van der Waals surface area (Å²) < 4.78 is 19.8. The van der Waals surface area contributed by atoms with E-state index in [0.717, 1.165) is 40.9 Å². The number of imidazole rings is 1. The van der Waals surface area contributed by atoms with Crippen LogP contribution in [0.2, 0.25) is 0 Å². The third-order valence-electron chi connectivity index (χ3n) is 5.50. The van der Waals surface area contributed by atoms with E-state index in [1.54, 1.807) is 12.1 Å². The highest BCUT2D eigenvalue weighted by atomic mass is 32.1. The molecule has 2 aromatic heterocycles. The lowest BCUT2D eigenvalue weighted by Crippen LogP contribution is -2.41. The van der Waals surface area contributed by atoms with Crippen molar-refractivity contribution < 1.29 is 9.18 Å².